The van der Waals surface area contributed by atoms with Crippen LogP contribution in [0.4, 0.5) is 17.8 Å². The molecule has 7 nitrogen and oxygen atoms in total. The quantitative estimate of drug-likeness (QED) is 0.573. The molecule has 1 aromatic carbocycles. The van der Waals surface area contributed by atoms with Gasteiger partial charge in [0.1, 0.15) is 0 Å². The van der Waals surface area contributed by atoms with Crippen molar-refractivity contribution in [2.75, 3.05) is 41.7 Å². The maximum absolute atomic E-state index is 6.10. The van der Waals surface area contributed by atoms with Crippen LogP contribution in [-0.2, 0) is 6.54 Å². The van der Waals surface area contributed by atoms with E-state index in [9.17, 15) is 0 Å². The third-order valence-electron chi connectivity index (χ3n) is 4.92. The van der Waals surface area contributed by atoms with Gasteiger partial charge >= 0.3 is 0 Å². The van der Waals surface area contributed by atoms with Gasteiger partial charge in [-0.1, -0.05) is 37.6 Å². The van der Waals surface area contributed by atoms with Crippen LogP contribution in [0.2, 0.25) is 5.02 Å². The van der Waals surface area contributed by atoms with Crippen LogP contribution in [-0.4, -0.2) is 47.2 Å². The highest BCUT2D eigenvalue weighted by atomic mass is 35.5. The van der Waals surface area contributed by atoms with Crippen molar-refractivity contribution in [2.45, 2.75) is 46.2 Å². The number of aromatic nitrogens is 3. The molecule has 3 rings (SSSR count). The number of halogens is 1. The average molecular weight is 418 g/mol. The zero-order valence-corrected chi connectivity index (χ0v) is 18.3. The SMILES string of the molecule is CC(C)CCC(C)Nc1nc(NCc2cccc(Cl)c2)nc(N2CCNCC2)n1. The topological polar surface area (TPSA) is 78.0 Å². The van der Waals surface area contributed by atoms with E-state index in [-0.39, 0.29) is 0 Å². The zero-order chi connectivity index (χ0) is 20.6. The molecule has 0 radical (unpaired) electrons. The summed E-state index contributed by atoms with van der Waals surface area (Å²) in [5.74, 6) is 2.60. The largest absolute Gasteiger partial charge is 0.352 e. The van der Waals surface area contributed by atoms with Crippen molar-refractivity contribution in [3.05, 3.63) is 34.9 Å². The van der Waals surface area contributed by atoms with Crippen molar-refractivity contribution < 1.29 is 0 Å². The Labute approximate surface area is 178 Å². The lowest BCUT2D eigenvalue weighted by molar-refractivity contribution is 0.526. The fraction of sp³-hybridized carbons (Fsp3) is 0.571. The second-order valence-electron chi connectivity index (χ2n) is 8.02. The monoisotopic (exact) mass is 417 g/mol. The first kappa shape index (κ1) is 21.6. The molecule has 29 heavy (non-hydrogen) atoms. The molecule has 0 bridgehead atoms. The molecule has 1 aliphatic rings. The van der Waals surface area contributed by atoms with E-state index in [0.29, 0.717) is 36.3 Å². The number of piperazine rings is 1. The van der Waals surface area contributed by atoms with Crippen LogP contribution in [0.15, 0.2) is 24.3 Å². The first-order valence-electron chi connectivity index (χ1n) is 10.5. The molecule has 1 fully saturated rings. The van der Waals surface area contributed by atoms with E-state index < -0.39 is 0 Å². The summed E-state index contributed by atoms with van der Waals surface area (Å²) < 4.78 is 0. The molecule has 1 unspecified atom stereocenters. The van der Waals surface area contributed by atoms with Crippen LogP contribution in [0.25, 0.3) is 0 Å². The van der Waals surface area contributed by atoms with Crippen LogP contribution < -0.4 is 20.9 Å². The van der Waals surface area contributed by atoms with Gasteiger partial charge in [0.25, 0.3) is 0 Å². The molecule has 158 valence electrons. The lowest BCUT2D eigenvalue weighted by atomic mass is 10.0. The van der Waals surface area contributed by atoms with E-state index >= 15 is 0 Å². The smallest absolute Gasteiger partial charge is 0.232 e. The molecule has 0 spiro atoms. The molecule has 0 aliphatic carbocycles. The summed E-state index contributed by atoms with van der Waals surface area (Å²) in [7, 11) is 0. The minimum atomic E-state index is 0.302. The highest BCUT2D eigenvalue weighted by Gasteiger charge is 2.17. The Balaban J connectivity index is 1.74. The highest BCUT2D eigenvalue weighted by molar-refractivity contribution is 6.30. The van der Waals surface area contributed by atoms with Gasteiger partial charge in [0.15, 0.2) is 0 Å². The maximum Gasteiger partial charge on any atom is 0.232 e. The Kier molecular flexibility index (Phi) is 7.89. The van der Waals surface area contributed by atoms with Gasteiger partial charge in [-0.3, -0.25) is 0 Å². The molecular weight excluding hydrogens is 386 g/mol. The number of nitrogens with zero attached hydrogens (tertiary/aromatic N) is 4. The molecule has 8 heteroatoms. The molecule has 1 aliphatic heterocycles. The first-order valence-corrected chi connectivity index (χ1v) is 10.8. The Morgan fingerprint density at radius 3 is 2.55 bits per heavy atom. The van der Waals surface area contributed by atoms with E-state index in [2.05, 4.69) is 51.6 Å². The summed E-state index contributed by atoms with van der Waals surface area (Å²) in [6, 6.07) is 8.10. The maximum atomic E-state index is 6.10. The summed E-state index contributed by atoms with van der Waals surface area (Å²) in [5, 5.41) is 10.9. The number of anilines is 3. The van der Waals surface area contributed by atoms with E-state index in [1.165, 1.54) is 6.42 Å². The number of nitrogens with one attached hydrogen (secondary N) is 3. The van der Waals surface area contributed by atoms with Crippen LogP contribution in [0, 0.1) is 5.92 Å². The van der Waals surface area contributed by atoms with Gasteiger partial charge < -0.3 is 20.9 Å². The molecule has 2 aromatic rings. The van der Waals surface area contributed by atoms with Crippen LogP contribution >= 0.6 is 11.6 Å². The number of benzene rings is 1. The molecule has 0 saturated carbocycles. The standard InChI is InChI=1S/C21H32ClN7/c1-15(2)7-8-16(3)25-20-26-19(24-14-17-5-4-6-18(22)13-17)27-21(28-20)29-11-9-23-10-12-29/h4-6,13,15-16,23H,7-12,14H2,1-3H3,(H2,24,25,26,27,28). The number of rotatable bonds is 9. The van der Waals surface area contributed by atoms with Gasteiger partial charge in [-0.2, -0.15) is 15.0 Å². The first-order chi connectivity index (χ1) is 14.0. The minimum Gasteiger partial charge on any atom is -0.352 e. The van der Waals surface area contributed by atoms with Gasteiger partial charge in [0.05, 0.1) is 0 Å². The molecule has 1 saturated heterocycles. The lowest BCUT2D eigenvalue weighted by Gasteiger charge is -2.28. The van der Waals surface area contributed by atoms with Gasteiger partial charge in [-0.25, -0.2) is 0 Å². The number of hydrogen-bond acceptors (Lipinski definition) is 7. The predicted octanol–water partition coefficient (Wildman–Crippen LogP) is 3.78. The van der Waals surface area contributed by atoms with Crippen molar-refractivity contribution >= 4 is 29.4 Å². The van der Waals surface area contributed by atoms with Crippen LogP contribution in [0.5, 0.6) is 0 Å². The fourth-order valence-corrected chi connectivity index (χ4v) is 3.43. The molecular formula is C21H32ClN7. The Morgan fingerprint density at radius 2 is 1.83 bits per heavy atom. The van der Waals surface area contributed by atoms with Gasteiger partial charge in [-0.05, 0) is 43.4 Å². The van der Waals surface area contributed by atoms with E-state index in [0.717, 1.165) is 43.2 Å². The minimum absolute atomic E-state index is 0.302. The summed E-state index contributed by atoms with van der Waals surface area (Å²) in [4.78, 5) is 16.2. The van der Waals surface area contributed by atoms with Gasteiger partial charge in [-0.15, -0.1) is 0 Å². The normalized spacial score (nSPS) is 15.4. The summed E-state index contributed by atoms with van der Waals surface area (Å²) in [5.41, 5.74) is 1.08. The summed E-state index contributed by atoms with van der Waals surface area (Å²) in [6.45, 7) is 10.9. The summed E-state index contributed by atoms with van der Waals surface area (Å²) in [6.07, 6.45) is 2.25. The van der Waals surface area contributed by atoms with Crippen molar-refractivity contribution in [3.63, 3.8) is 0 Å². The molecule has 1 aromatic heterocycles. The average Bonchev–Trinajstić information content (AvgIpc) is 2.71. The van der Waals surface area contributed by atoms with Gasteiger partial charge in [0.2, 0.25) is 17.8 Å². The Morgan fingerprint density at radius 1 is 1.07 bits per heavy atom. The highest BCUT2D eigenvalue weighted by Crippen LogP contribution is 2.18. The van der Waals surface area contributed by atoms with Crippen LogP contribution in [0.1, 0.15) is 39.2 Å². The summed E-state index contributed by atoms with van der Waals surface area (Å²) >= 11 is 6.10. The molecule has 1 atom stereocenters. The molecule has 2 heterocycles. The van der Waals surface area contributed by atoms with Gasteiger partial charge in [0, 0.05) is 43.8 Å². The second kappa shape index (κ2) is 10.6. The van der Waals surface area contributed by atoms with E-state index in [1.807, 2.05) is 24.3 Å². The predicted molar refractivity (Wildman–Crippen MR) is 121 cm³/mol. The third-order valence-corrected chi connectivity index (χ3v) is 5.15. The van der Waals surface area contributed by atoms with Crippen LogP contribution in [0.3, 0.4) is 0 Å². The number of hydrogen-bond donors (Lipinski definition) is 3. The fourth-order valence-electron chi connectivity index (χ4n) is 3.22. The Bertz CT molecular complexity index is 777. The van der Waals surface area contributed by atoms with E-state index in [1.54, 1.807) is 0 Å². The van der Waals surface area contributed by atoms with Crippen molar-refractivity contribution in [1.29, 1.82) is 0 Å². The van der Waals surface area contributed by atoms with Crippen molar-refractivity contribution in [2.24, 2.45) is 5.92 Å². The lowest BCUT2D eigenvalue weighted by Crippen LogP contribution is -2.44. The molecule has 3 N–H and O–H groups in total. The third kappa shape index (κ3) is 7.01. The zero-order valence-electron chi connectivity index (χ0n) is 17.6. The second-order valence-corrected chi connectivity index (χ2v) is 8.46. The van der Waals surface area contributed by atoms with Crippen molar-refractivity contribution in [3.8, 4) is 0 Å². The van der Waals surface area contributed by atoms with E-state index in [4.69, 9.17) is 16.6 Å². The van der Waals surface area contributed by atoms with Crippen molar-refractivity contribution in [1.82, 2.24) is 20.3 Å². The Hall–Kier alpha value is -2.12. The molecule has 0 amide bonds.